The zero-order valence-electron chi connectivity index (χ0n) is 11.3. The fourth-order valence-electron chi connectivity index (χ4n) is 1.89. The van der Waals surface area contributed by atoms with Crippen molar-refractivity contribution < 1.29 is 0 Å². The van der Waals surface area contributed by atoms with Crippen LogP contribution in [0.15, 0.2) is 5.38 Å². The van der Waals surface area contributed by atoms with E-state index in [9.17, 15) is 0 Å². The van der Waals surface area contributed by atoms with Gasteiger partial charge in [0.25, 0.3) is 0 Å². The van der Waals surface area contributed by atoms with Crippen LogP contribution in [0.2, 0.25) is 0 Å². The molecule has 0 atom stereocenters. The van der Waals surface area contributed by atoms with Crippen molar-refractivity contribution >= 4 is 16.5 Å². The lowest BCUT2D eigenvalue weighted by Gasteiger charge is -2.26. The van der Waals surface area contributed by atoms with E-state index in [2.05, 4.69) is 36.0 Å². The van der Waals surface area contributed by atoms with Crippen molar-refractivity contribution in [2.75, 3.05) is 18.8 Å². The van der Waals surface area contributed by atoms with Gasteiger partial charge in [0, 0.05) is 24.4 Å². The fourth-order valence-corrected chi connectivity index (χ4v) is 2.49. The van der Waals surface area contributed by atoms with E-state index < -0.39 is 0 Å². The molecule has 0 bridgehead atoms. The van der Waals surface area contributed by atoms with Crippen LogP contribution in [0.5, 0.6) is 0 Å². The minimum Gasteiger partial charge on any atom is -0.375 e. The zero-order chi connectivity index (χ0) is 12.7. The summed E-state index contributed by atoms with van der Waals surface area (Å²) in [5.74, 6) is 0. The highest BCUT2D eigenvalue weighted by Gasteiger charge is 2.09. The second kappa shape index (κ2) is 7.67. The first-order valence-electron chi connectivity index (χ1n) is 6.57. The maximum atomic E-state index is 5.64. The Morgan fingerprint density at radius 1 is 1.35 bits per heavy atom. The Bertz CT molecular complexity index is 309. The van der Waals surface area contributed by atoms with Crippen LogP contribution in [0.25, 0.3) is 0 Å². The highest BCUT2D eigenvalue weighted by atomic mass is 32.1. The number of nitrogens with zero attached hydrogens (tertiary/aromatic N) is 2. The summed E-state index contributed by atoms with van der Waals surface area (Å²) in [7, 11) is 0. The summed E-state index contributed by atoms with van der Waals surface area (Å²) in [6.07, 6.45) is 4.92. The van der Waals surface area contributed by atoms with E-state index in [1.807, 2.05) is 0 Å². The van der Waals surface area contributed by atoms with Crippen molar-refractivity contribution in [1.82, 2.24) is 9.88 Å². The molecule has 0 unspecified atom stereocenters. The van der Waals surface area contributed by atoms with Gasteiger partial charge in [0.05, 0.1) is 5.69 Å². The Kier molecular flexibility index (Phi) is 6.52. The molecule has 0 fully saturated rings. The number of aromatic nitrogens is 1. The summed E-state index contributed by atoms with van der Waals surface area (Å²) in [5, 5.41) is 2.75. The molecule has 0 aliphatic heterocycles. The molecule has 2 N–H and O–H groups in total. The quantitative estimate of drug-likeness (QED) is 0.726. The smallest absolute Gasteiger partial charge is 0.180 e. The molecule has 0 amide bonds. The number of hydrogen-bond donors (Lipinski definition) is 1. The molecule has 0 aliphatic rings. The predicted octanol–water partition coefficient (Wildman–Crippen LogP) is 3.17. The number of hydrogen-bond acceptors (Lipinski definition) is 4. The first kappa shape index (κ1) is 14.5. The normalized spacial score (nSPS) is 11.6. The van der Waals surface area contributed by atoms with Gasteiger partial charge in [0.15, 0.2) is 5.13 Å². The van der Waals surface area contributed by atoms with Crippen LogP contribution in [0.1, 0.15) is 45.7 Å². The highest BCUT2D eigenvalue weighted by Crippen LogP contribution is 2.12. The van der Waals surface area contributed by atoms with E-state index in [1.165, 1.54) is 37.1 Å². The van der Waals surface area contributed by atoms with Crippen LogP contribution >= 0.6 is 11.3 Å². The van der Waals surface area contributed by atoms with Crippen LogP contribution in [-0.2, 0) is 6.42 Å². The van der Waals surface area contributed by atoms with Gasteiger partial charge in [0.2, 0.25) is 0 Å². The second-order valence-electron chi connectivity index (χ2n) is 4.76. The van der Waals surface area contributed by atoms with E-state index in [1.54, 1.807) is 0 Å². The van der Waals surface area contributed by atoms with Crippen molar-refractivity contribution in [2.24, 2.45) is 0 Å². The SMILES string of the molecule is CCCCCN(CCc1csc(N)n1)C(C)C. The van der Waals surface area contributed by atoms with Crippen LogP contribution in [0.3, 0.4) is 0 Å². The van der Waals surface area contributed by atoms with Gasteiger partial charge in [-0.2, -0.15) is 0 Å². The van der Waals surface area contributed by atoms with Crippen LogP contribution in [0.4, 0.5) is 5.13 Å². The molecule has 0 spiro atoms. The minimum atomic E-state index is 0.614. The number of nitrogen functional groups attached to an aromatic ring is 1. The summed E-state index contributed by atoms with van der Waals surface area (Å²) < 4.78 is 0. The predicted molar refractivity (Wildman–Crippen MR) is 76.5 cm³/mol. The Morgan fingerprint density at radius 3 is 2.65 bits per heavy atom. The van der Waals surface area contributed by atoms with Gasteiger partial charge in [-0.1, -0.05) is 19.8 Å². The van der Waals surface area contributed by atoms with Gasteiger partial charge < -0.3 is 10.6 Å². The molecule has 4 heteroatoms. The standard InChI is InChI=1S/C13H25N3S/c1-4-5-6-8-16(11(2)3)9-7-12-10-17-13(14)15-12/h10-11H,4-9H2,1-3H3,(H2,14,15). The fraction of sp³-hybridized carbons (Fsp3) is 0.769. The van der Waals surface area contributed by atoms with Crippen molar-refractivity contribution in [3.05, 3.63) is 11.1 Å². The van der Waals surface area contributed by atoms with Crippen LogP contribution < -0.4 is 5.73 Å². The number of anilines is 1. The summed E-state index contributed by atoms with van der Waals surface area (Å²) in [6, 6.07) is 0.614. The third-order valence-corrected chi connectivity index (χ3v) is 3.73. The molecular weight excluding hydrogens is 230 g/mol. The molecule has 98 valence electrons. The molecule has 17 heavy (non-hydrogen) atoms. The van der Waals surface area contributed by atoms with Gasteiger partial charge in [-0.25, -0.2) is 4.98 Å². The van der Waals surface area contributed by atoms with Crippen LogP contribution in [0, 0.1) is 0 Å². The van der Waals surface area contributed by atoms with Crippen molar-refractivity contribution in [3.63, 3.8) is 0 Å². The number of nitrogens with two attached hydrogens (primary N) is 1. The van der Waals surface area contributed by atoms with E-state index in [-0.39, 0.29) is 0 Å². The molecular formula is C13H25N3S. The molecule has 0 aliphatic carbocycles. The average Bonchev–Trinajstić information content (AvgIpc) is 2.69. The van der Waals surface area contributed by atoms with E-state index in [4.69, 9.17) is 5.73 Å². The molecule has 3 nitrogen and oxygen atoms in total. The number of thiazole rings is 1. The Balaban J connectivity index is 2.33. The maximum Gasteiger partial charge on any atom is 0.180 e. The van der Waals surface area contributed by atoms with Gasteiger partial charge in [-0.3, -0.25) is 0 Å². The second-order valence-corrected chi connectivity index (χ2v) is 5.65. The molecule has 0 saturated heterocycles. The van der Waals surface area contributed by atoms with E-state index >= 15 is 0 Å². The molecule has 1 aromatic rings. The monoisotopic (exact) mass is 255 g/mol. The van der Waals surface area contributed by atoms with Crippen molar-refractivity contribution in [2.45, 2.75) is 52.5 Å². The summed E-state index contributed by atoms with van der Waals surface area (Å²) in [4.78, 5) is 6.84. The summed E-state index contributed by atoms with van der Waals surface area (Å²) >= 11 is 1.53. The maximum absolute atomic E-state index is 5.64. The van der Waals surface area contributed by atoms with Gasteiger partial charge in [0.1, 0.15) is 0 Å². The zero-order valence-corrected chi connectivity index (χ0v) is 12.1. The number of unbranched alkanes of at least 4 members (excludes halogenated alkanes) is 2. The largest absolute Gasteiger partial charge is 0.375 e. The Labute approximate surface area is 109 Å². The van der Waals surface area contributed by atoms with Gasteiger partial charge in [-0.05, 0) is 26.8 Å². The molecule has 1 rings (SSSR count). The summed E-state index contributed by atoms with van der Waals surface area (Å²) in [5.41, 5.74) is 6.77. The lowest BCUT2D eigenvalue weighted by Crippen LogP contribution is -2.33. The van der Waals surface area contributed by atoms with Crippen molar-refractivity contribution in [3.8, 4) is 0 Å². The molecule has 0 aromatic carbocycles. The first-order chi connectivity index (χ1) is 8.13. The highest BCUT2D eigenvalue weighted by molar-refractivity contribution is 7.13. The van der Waals surface area contributed by atoms with E-state index in [0.717, 1.165) is 18.7 Å². The van der Waals surface area contributed by atoms with E-state index in [0.29, 0.717) is 11.2 Å². The van der Waals surface area contributed by atoms with Gasteiger partial charge in [-0.15, -0.1) is 11.3 Å². The number of rotatable bonds is 8. The summed E-state index contributed by atoms with van der Waals surface area (Å²) in [6.45, 7) is 9.07. The van der Waals surface area contributed by atoms with Crippen molar-refractivity contribution in [1.29, 1.82) is 0 Å². The third-order valence-electron chi connectivity index (χ3n) is 3.00. The minimum absolute atomic E-state index is 0.614. The van der Waals surface area contributed by atoms with Gasteiger partial charge >= 0.3 is 0 Å². The lowest BCUT2D eigenvalue weighted by atomic mass is 10.2. The third kappa shape index (κ3) is 5.50. The molecule has 0 saturated carbocycles. The molecule has 0 radical (unpaired) electrons. The average molecular weight is 255 g/mol. The lowest BCUT2D eigenvalue weighted by molar-refractivity contribution is 0.219. The first-order valence-corrected chi connectivity index (χ1v) is 7.45. The van der Waals surface area contributed by atoms with Crippen LogP contribution in [-0.4, -0.2) is 29.0 Å². The topological polar surface area (TPSA) is 42.1 Å². The molecule has 1 aromatic heterocycles. The Hall–Kier alpha value is -0.610. The Morgan fingerprint density at radius 2 is 2.12 bits per heavy atom. The molecule has 1 heterocycles.